The van der Waals surface area contributed by atoms with Crippen LogP contribution in [-0.2, 0) is 9.59 Å². The van der Waals surface area contributed by atoms with Crippen molar-refractivity contribution in [1.29, 1.82) is 0 Å². The van der Waals surface area contributed by atoms with E-state index in [4.69, 9.17) is 0 Å². The van der Waals surface area contributed by atoms with Crippen molar-refractivity contribution in [2.24, 2.45) is 17.3 Å². The van der Waals surface area contributed by atoms with Crippen LogP contribution in [0.5, 0.6) is 0 Å². The maximum atomic E-state index is 13.1. The number of hydrogen-bond donors (Lipinski definition) is 2. The number of nitrogens with one attached hydrogen (secondary N) is 1. The van der Waals surface area contributed by atoms with Gasteiger partial charge in [-0.1, -0.05) is 32.0 Å². The van der Waals surface area contributed by atoms with Gasteiger partial charge in [0.05, 0.1) is 5.92 Å². The number of piperidine rings is 1. The number of aryl methyl sites for hydroxylation is 1. The predicted octanol–water partition coefficient (Wildman–Crippen LogP) is 2.85. The molecule has 6 nitrogen and oxygen atoms in total. The number of carboxylic acid groups (broad SMARTS) is 1. The lowest BCUT2D eigenvalue weighted by molar-refractivity contribution is -0.140. The van der Waals surface area contributed by atoms with Crippen LogP contribution in [0, 0.1) is 24.2 Å². The summed E-state index contributed by atoms with van der Waals surface area (Å²) in [5, 5.41) is 12.2. The number of amides is 2. The fourth-order valence-electron chi connectivity index (χ4n) is 4.40. The number of carbonyl (C=O) groups excluding carboxylic acids is 2. The minimum absolute atomic E-state index is 0.0574. The molecule has 1 saturated heterocycles. The molecule has 0 bridgehead atoms. The van der Waals surface area contributed by atoms with Crippen LogP contribution < -0.4 is 5.32 Å². The van der Waals surface area contributed by atoms with Crippen molar-refractivity contribution in [2.45, 2.75) is 52.5 Å². The van der Waals surface area contributed by atoms with Gasteiger partial charge < -0.3 is 15.3 Å². The van der Waals surface area contributed by atoms with Crippen molar-refractivity contribution in [3.63, 3.8) is 0 Å². The van der Waals surface area contributed by atoms with Crippen molar-refractivity contribution < 1.29 is 19.5 Å². The zero-order chi connectivity index (χ0) is 20.5. The number of aliphatic carboxylic acids is 1. The van der Waals surface area contributed by atoms with Crippen LogP contribution >= 0.6 is 0 Å². The van der Waals surface area contributed by atoms with E-state index in [0.717, 1.165) is 24.8 Å². The van der Waals surface area contributed by atoms with E-state index < -0.39 is 12.0 Å². The molecule has 1 saturated carbocycles. The average Bonchev–Trinajstić information content (AvgIpc) is 3.35. The summed E-state index contributed by atoms with van der Waals surface area (Å²) >= 11 is 0. The van der Waals surface area contributed by atoms with Gasteiger partial charge in [0, 0.05) is 18.7 Å². The van der Waals surface area contributed by atoms with Crippen molar-refractivity contribution in [2.75, 3.05) is 13.1 Å². The van der Waals surface area contributed by atoms with Crippen LogP contribution in [0.15, 0.2) is 24.3 Å². The number of nitrogens with zero attached hydrogens (tertiary/aromatic N) is 1. The highest BCUT2D eigenvalue weighted by Crippen LogP contribution is 2.59. The lowest BCUT2D eigenvalue weighted by Gasteiger charge is -2.35. The molecule has 1 aliphatic heterocycles. The maximum absolute atomic E-state index is 13.1. The first-order valence-electron chi connectivity index (χ1n) is 10.1. The number of likely N-dealkylation sites (tertiary alicyclic amines) is 1. The molecule has 2 N–H and O–H groups in total. The highest BCUT2D eigenvalue weighted by molar-refractivity contribution is 5.98. The Morgan fingerprint density at radius 3 is 2.39 bits per heavy atom. The second-order valence-corrected chi connectivity index (χ2v) is 8.75. The van der Waals surface area contributed by atoms with E-state index in [2.05, 4.69) is 5.32 Å². The van der Waals surface area contributed by atoms with E-state index in [9.17, 15) is 19.5 Å². The Bertz CT molecular complexity index is 766. The molecule has 152 valence electrons. The summed E-state index contributed by atoms with van der Waals surface area (Å²) in [7, 11) is 0. The SMILES string of the molecule is Cc1ccccc1C(=O)NC(CC(C)C)C(=O)N1CCC2(CC1)CC2C(=O)O. The van der Waals surface area contributed by atoms with E-state index in [-0.39, 0.29) is 29.1 Å². The molecule has 0 aromatic heterocycles. The Labute approximate surface area is 166 Å². The summed E-state index contributed by atoms with van der Waals surface area (Å²) in [6, 6.07) is 6.79. The number of carbonyl (C=O) groups is 3. The van der Waals surface area contributed by atoms with Crippen molar-refractivity contribution >= 4 is 17.8 Å². The van der Waals surface area contributed by atoms with E-state index >= 15 is 0 Å². The molecular weight excluding hydrogens is 356 g/mol. The fourth-order valence-corrected chi connectivity index (χ4v) is 4.40. The monoisotopic (exact) mass is 386 g/mol. The van der Waals surface area contributed by atoms with Gasteiger partial charge in [-0.05, 0) is 55.6 Å². The van der Waals surface area contributed by atoms with Crippen LogP contribution in [0.3, 0.4) is 0 Å². The third kappa shape index (κ3) is 4.21. The van der Waals surface area contributed by atoms with Gasteiger partial charge in [-0.2, -0.15) is 0 Å². The molecule has 28 heavy (non-hydrogen) atoms. The van der Waals surface area contributed by atoms with Gasteiger partial charge in [0.15, 0.2) is 0 Å². The lowest BCUT2D eigenvalue weighted by atomic mass is 9.90. The first-order valence-corrected chi connectivity index (χ1v) is 10.1. The molecule has 1 aromatic carbocycles. The highest BCUT2D eigenvalue weighted by atomic mass is 16.4. The Balaban J connectivity index is 1.65. The van der Waals surface area contributed by atoms with E-state index in [1.165, 1.54) is 0 Å². The van der Waals surface area contributed by atoms with E-state index in [0.29, 0.717) is 25.1 Å². The van der Waals surface area contributed by atoms with E-state index in [1.807, 2.05) is 39.0 Å². The zero-order valence-corrected chi connectivity index (χ0v) is 16.9. The third-order valence-corrected chi connectivity index (χ3v) is 6.26. The summed E-state index contributed by atoms with van der Waals surface area (Å²) in [6.45, 7) is 7.09. The lowest BCUT2D eigenvalue weighted by Crippen LogP contribution is -2.51. The van der Waals surface area contributed by atoms with Gasteiger partial charge in [-0.3, -0.25) is 14.4 Å². The topological polar surface area (TPSA) is 86.7 Å². The predicted molar refractivity (Wildman–Crippen MR) is 106 cm³/mol. The largest absolute Gasteiger partial charge is 0.481 e. The molecule has 0 radical (unpaired) electrons. The van der Waals surface area contributed by atoms with Gasteiger partial charge in [0.25, 0.3) is 5.91 Å². The number of rotatable bonds is 6. The molecule has 2 aliphatic rings. The van der Waals surface area contributed by atoms with Crippen molar-refractivity contribution in [1.82, 2.24) is 10.2 Å². The maximum Gasteiger partial charge on any atom is 0.307 e. The summed E-state index contributed by atoms with van der Waals surface area (Å²) in [6.07, 6.45) is 2.77. The molecular formula is C22H30N2O4. The second-order valence-electron chi connectivity index (χ2n) is 8.75. The van der Waals surface area contributed by atoms with Crippen LogP contribution in [0.4, 0.5) is 0 Å². The Hall–Kier alpha value is -2.37. The van der Waals surface area contributed by atoms with E-state index in [1.54, 1.807) is 11.0 Å². The highest BCUT2D eigenvalue weighted by Gasteiger charge is 2.59. The number of carboxylic acids is 1. The molecule has 2 atom stereocenters. The standard InChI is InChI=1S/C22H30N2O4/c1-14(2)12-18(23-19(25)16-7-5-4-6-15(16)3)20(26)24-10-8-22(9-11-24)13-17(22)21(27)28/h4-7,14,17-18H,8-13H2,1-3H3,(H,23,25)(H,27,28). The summed E-state index contributed by atoms with van der Waals surface area (Å²) in [4.78, 5) is 38.9. The Morgan fingerprint density at radius 2 is 1.86 bits per heavy atom. The molecule has 1 aliphatic carbocycles. The van der Waals surface area contributed by atoms with Gasteiger partial charge in [0.2, 0.25) is 5.91 Å². The van der Waals surface area contributed by atoms with Crippen LogP contribution in [0.25, 0.3) is 0 Å². The summed E-state index contributed by atoms with van der Waals surface area (Å²) in [5.41, 5.74) is 1.36. The molecule has 1 spiro atoms. The molecule has 2 fully saturated rings. The summed E-state index contributed by atoms with van der Waals surface area (Å²) in [5.74, 6) is -0.987. The normalized spacial score (nSPS) is 21.4. The minimum Gasteiger partial charge on any atom is -0.481 e. The van der Waals surface area contributed by atoms with Gasteiger partial charge in [-0.15, -0.1) is 0 Å². The minimum atomic E-state index is -0.719. The smallest absolute Gasteiger partial charge is 0.307 e. The molecule has 3 rings (SSSR count). The second kappa shape index (κ2) is 7.94. The van der Waals surface area contributed by atoms with Gasteiger partial charge >= 0.3 is 5.97 Å². The molecule has 6 heteroatoms. The van der Waals surface area contributed by atoms with Crippen molar-refractivity contribution in [3.8, 4) is 0 Å². The number of benzene rings is 1. The summed E-state index contributed by atoms with van der Waals surface area (Å²) < 4.78 is 0. The molecule has 2 unspecified atom stereocenters. The zero-order valence-electron chi connectivity index (χ0n) is 16.9. The van der Waals surface area contributed by atoms with Crippen LogP contribution in [0.1, 0.15) is 55.5 Å². The first-order chi connectivity index (χ1) is 13.2. The van der Waals surface area contributed by atoms with Crippen LogP contribution in [0.2, 0.25) is 0 Å². The quantitative estimate of drug-likeness (QED) is 0.787. The van der Waals surface area contributed by atoms with Gasteiger partial charge in [-0.25, -0.2) is 0 Å². The average molecular weight is 386 g/mol. The Kier molecular flexibility index (Phi) is 5.77. The Morgan fingerprint density at radius 1 is 1.21 bits per heavy atom. The van der Waals surface area contributed by atoms with Crippen molar-refractivity contribution in [3.05, 3.63) is 35.4 Å². The fraction of sp³-hybridized carbons (Fsp3) is 0.591. The van der Waals surface area contributed by atoms with Gasteiger partial charge in [0.1, 0.15) is 6.04 Å². The molecule has 1 aromatic rings. The van der Waals surface area contributed by atoms with Crippen LogP contribution in [-0.4, -0.2) is 46.9 Å². The third-order valence-electron chi connectivity index (χ3n) is 6.26. The first kappa shape index (κ1) is 20.4. The molecule has 1 heterocycles. The molecule has 2 amide bonds. The number of hydrogen-bond acceptors (Lipinski definition) is 3.